The summed E-state index contributed by atoms with van der Waals surface area (Å²) < 4.78 is 18.9. The van der Waals surface area contributed by atoms with Crippen molar-refractivity contribution in [2.45, 2.75) is 44.2 Å². The van der Waals surface area contributed by atoms with Crippen molar-refractivity contribution in [1.29, 1.82) is 0 Å². The molecule has 0 aromatic heterocycles. The van der Waals surface area contributed by atoms with Crippen molar-refractivity contribution in [3.05, 3.63) is 29.6 Å². The number of hydrogen-bond acceptors (Lipinski definition) is 2. The maximum atomic E-state index is 13.1. The van der Waals surface area contributed by atoms with E-state index in [9.17, 15) is 4.39 Å². The van der Waals surface area contributed by atoms with Gasteiger partial charge in [-0.05, 0) is 44.0 Å². The molecule has 1 aromatic rings. The molecule has 0 radical (unpaired) electrons. The fourth-order valence-corrected chi connectivity index (χ4v) is 2.86. The van der Waals surface area contributed by atoms with Crippen LogP contribution in [-0.2, 0) is 6.42 Å². The molecule has 1 aromatic carbocycles. The van der Waals surface area contributed by atoms with Crippen molar-refractivity contribution in [2.75, 3.05) is 6.54 Å². The highest BCUT2D eigenvalue weighted by molar-refractivity contribution is 5.37. The molecule has 0 bridgehead atoms. The minimum absolute atomic E-state index is 0.163. The predicted molar refractivity (Wildman–Crippen MR) is 64.8 cm³/mol. The van der Waals surface area contributed by atoms with E-state index in [1.165, 1.54) is 25.3 Å². The van der Waals surface area contributed by atoms with Gasteiger partial charge in [-0.15, -0.1) is 0 Å². The van der Waals surface area contributed by atoms with Crippen LogP contribution >= 0.6 is 0 Å². The number of ether oxygens (including phenoxy) is 1. The van der Waals surface area contributed by atoms with E-state index in [0.717, 1.165) is 30.7 Å². The Morgan fingerprint density at radius 2 is 2.29 bits per heavy atom. The fraction of sp³-hybridized carbons (Fsp3) is 0.571. The van der Waals surface area contributed by atoms with Crippen molar-refractivity contribution in [1.82, 2.24) is 5.32 Å². The summed E-state index contributed by atoms with van der Waals surface area (Å²) in [4.78, 5) is 0. The lowest BCUT2D eigenvalue weighted by molar-refractivity contribution is 0.192. The fourth-order valence-electron chi connectivity index (χ4n) is 2.86. The molecule has 2 aliphatic rings. The van der Waals surface area contributed by atoms with Crippen LogP contribution in [0.25, 0.3) is 0 Å². The molecule has 17 heavy (non-hydrogen) atoms. The standard InChI is InChI=1S/C14H18FNO/c15-11-4-5-14-10(7-11)8-13(17-14)9-12-3-1-2-6-16-12/h4-5,7,12-13,16H,1-3,6,8-9H2. The third kappa shape index (κ3) is 2.44. The van der Waals surface area contributed by atoms with Gasteiger partial charge < -0.3 is 10.1 Å². The van der Waals surface area contributed by atoms with Crippen LogP contribution in [0.15, 0.2) is 18.2 Å². The highest BCUT2D eigenvalue weighted by Crippen LogP contribution is 2.31. The molecule has 0 spiro atoms. The Kier molecular flexibility index (Phi) is 3.02. The number of rotatable bonds is 2. The normalized spacial score (nSPS) is 27.6. The molecule has 0 saturated carbocycles. The largest absolute Gasteiger partial charge is 0.490 e. The number of fused-ring (bicyclic) bond motifs is 1. The van der Waals surface area contributed by atoms with Crippen LogP contribution in [-0.4, -0.2) is 18.7 Å². The van der Waals surface area contributed by atoms with E-state index in [-0.39, 0.29) is 11.9 Å². The van der Waals surface area contributed by atoms with Gasteiger partial charge in [0.1, 0.15) is 17.7 Å². The Hall–Kier alpha value is -1.09. The van der Waals surface area contributed by atoms with Crippen LogP contribution in [0.4, 0.5) is 4.39 Å². The van der Waals surface area contributed by atoms with Crippen LogP contribution in [0.3, 0.4) is 0 Å². The molecule has 1 N–H and O–H groups in total. The predicted octanol–water partition coefficient (Wildman–Crippen LogP) is 2.66. The Morgan fingerprint density at radius 3 is 3.12 bits per heavy atom. The van der Waals surface area contributed by atoms with Crippen molar-refractivity contribution in [2.24, 2.45) is 0 Å². The number of piperidine rings is 1. The molecular formula is C14H18FNO. The molecule has 2 unspecified atom stereocenters. The quantitative estimate of drug-likeness (QED) is 0.851. The first-order valence-electron chi connectivity index (χ1n) is 6.50. The molecule has 92 valence electrons. The second kappa shape index (κ2) is 4.65. The van der Waals surface area contributed by atoms with Gasteiger partial charge in [0.25, 0.3) is 0 Å². The second-order valence-corrected chi connectivity index (χ2v) is 5.08. The van der Waals surface area contributed by atoms with Gasteiger partial charge in [0.05, 0.1) is 0 Å². The van der Waals surface area contributed by atoms with E-state index in [1.54, 1.807) is 12.1 Å². The SMILES string of the molecule is Fc1ccc2c(c1)CC(CC1CCCCN1)O2. The summed E-state index contributed by atoms with van der Waals surface area (Å²) in [5, 5.41) is 3.53. The number of halogens is 1. The van der Waals surface area contributed by atoms with Crippen molar-refractivity contribution < 1.29 is 9.13 Å². The first kappa shape index (κ1) is 11.0. The topological polar surface area (TPSA) is 21.3 Å². The summed E-state index contributed by atoms with van der Waals surface area (Å²) >= 11 is 0. The molecule has 1 fully saturated rings. The molecule has 2 heterocycles. The summed E-state index contributed by atoms with van der Waals surface area (Å²) in [5.41, 5.74) is 1.02. The van der Waals surface area contributed by atoms with Crippen LogP contribution in [0.2, 0.25) is 0 Å². The molecule has 2 atom stereocenters. The minimum Gasteiger partial charge on any atom is -0.490 e. The third-order valence-corrected chi connectivity index (χ3v) is 3.72. The van der Waals surface area contributed by atoms with Gasteiger partial charge in [-0.25, -0.2) is 4.39 Å². The Balaban J connectivity index is 1.61. The second-order valence-electron chi connectivity index (χ2n) is 5.08. The first-order valence-corrected chi connectivity index (χ1v) is 6.50. The lowest BCUT2D eigenvalue weighted by atomic mass is 9.97. The summed E-state index contributed by atoms with van der Waals surface area (Å²) in [6, 6.07) is 5.40. The van der Waals surface area contributed by atoms with Gasteiger partial charge in [-0.2, -0.15) is 0 Å². The maximum absolute atomic E-state index is 13.1. The summed E-state index contributed by atoms with van der Waals surface area (Å²) in [7, 11) is 0. The molecule has 0 aliphatic carbocycles. The molecule has 1 saturated heterocycles. The van der Waals surface area contributed by atoms with E-state index in [0.29, 0.717) is 6.04 Å². The summed E-state index contributed by atoms with van der Waals surface area (Å²) in [6.45, 7) is 1.12. The third-order valence-electron chi connectivity index (χ3n) is 3.72. The number of nitrogens with one attached hydrogen (secondary N) is 1. The van der Waals surface area contributed by atoms with E-state index < -0.39 is 0 Å². The smallest absolute Gasteiger partial charge is 0.123 e. The number of hydrogen-bond donors (Lipinski definition) is 1. The molecule has 3 heteroatoms. The van der Waals surface area contributed by atoms with Gasteiger partial charge in [0.2, 0.25) is 0 Å². The molecule has 2 nitrogen and oxygen atoms in total. The molecule has 0 amide bonds. The zero-order chi connectivity index (χ0) is 11.7. The van der Waals surface area contributed by atoms with Crippen molar-refractivity contribution in [3.8, 4) is 5.75 Å². The highest BCUT2D eigenvalue weighted by atomic mass is 19.1. The monoisotopic (exact) mass is 235 g/mol. The van der Waals surface area contributed by atoms with Crippen LogP contribution in [0.1, 0.15) is 31.2 Å². The van der Waals surface area contributed by atoms with E-state index >= 15 is 0 Å². The van der Waals surface area contributed by atoms with Crippen LogP contribution in [0.5, 0.6) is 5.75 Å². The van der Waals surface area contributed by atoms with E-state index in [1.807, 2.05) is 0 Å². The lowest BCUT2D eigenvalue weighted by Crippen LogP contribution is -2.37. The van der Waals surface area contributed by atoms with Crippen molar-refractivity contribution in [3.63, 3.8) is 0 Å². The summed E-state index contributed by atoms with van der Waals surface area (Å²) in [5.74, 6) is 0.705. The van der Waals surface area contributed by atoms with Gasteiger partial charge in [-0.1, -0.05) is 6.42 Å². The van der Waals surface area contributed by atoms with Gasteiger partial charge >= 0.3 is 0 Å². The van der Waals surface area contributed by atoms with Crippen LogP contribution in [0, 0.1) is 5.82 Å². The van der Waals surface area contributed by atoms with Gasteiger partial charge in [0.15, 0.2) is 0 Å². The first-order chi connectivity index (χ1) is 8.31. The zero-order valence-corrected chi connectivity index (χ0v) is 9.92. The maximum Gasteiger partial charge on any atom is 0.123 e. The average molecular weight is 235 g/mol. The van der Waals surface area contributed by atoms with E-state index in [4.69, 9.17) is 4.74 Å². The lowest BCUT2D eigenvalue weighted by Gasteiger charge is -2.25. The van der Waals surface area contributed by atoms with Gasteiger partial charge in [-0.3, -0.25) is 0 Å². The van der Waals surface area contributed by atoms with Crippen molar-refractivity contribution >= 4 is 0 Å². The van der Waals surface area contributed by atoms with Crippen LogP contribution < -0.4 is 10.1 Å². The minimum atomic E-state index is -0.163. The highest BCUT2D eigenvalue weighted by Gasteiger charge is 2.26. The zero-order valence-electron chi connectivity index (χ0n) is 9.92. The molecular weight excluding hydrogens is 217 g/mol. The average Bonchev–Trinajstić information content (AvgIpc) is 2.71. The Morgan fingerprint density at radius 1 is 1.35 bits per heavy atom. The Bertz CT molecular complexity index is 401. The molecule has 2 aliphatic heterocycles. The Labute approximate surface area is 101 Å². The number of benzene rings is 1. The van der Waals surface area contributed by atoms with E-state index in [2.05, 4.69) is 5.32 Å². The molecule has 3 rings (SSSR count). The van der Waals surface area contributed by atoms with Gasteiger partial charge in [0, 0.05) is 18.0 Å². The summed E-state index contributed by atoms with van der Waals surface area (Å²) in [6.07, 6.45) is 5.95.